The van der Waals surface area contributed by atoms with Crippen molar-refractivity contribution in [2.45, 2.75) is 19.3 Å². The second-order valence-electron chi connectivity index (χ2n) is 13.3. The molecule has 0 N–H and O–H groups in total. The van der Waals surface area contributed by atoms with Gasteiger partial charge in [0, 0.05) is 33.9 Å². The molecule has 0 atom stereocenters. The van der Waals surface area contributed by atoms with E-state index in [1.54, 1.807) is 0 Å². The Morgan fingerprint density at radius 3 is 1.84 bits per heavy atom. The third-order valence-corrected chi connectivity index (χ3v) is 9.94. The van der Waals surface area contributed by atoms with E-state index in [2.05, 4.69) is 140 Å². The lowest BCUT2D eigenvalue weighted by molar-refractivity contribution is 0.661. The van der Waals surface area contributed by atoms with E-state index in [-0.39, 0.29) is 5.41 Å². The molecule has 3 nitrogen and oxygen atoms in total. The summed E-state index contributed by atoms with van der Waals surface area (Å²) in [6.07, 6.45) is 1.83. The Labute approximate surface area is 286 Å². The van der Waals surface area contributed by atoms with E-state index < -0.39 is 0 Å². The van der Waals surface area contributed by atoms with Crippen LogP contribution in [0.2, 0.25) is 0 Å². The van der Waals surface area contributed by atoms with E-state index in [1.807, 2.05) is 42.6 Å². The summed E-state index contributed by atoms with van der Waals surface area (Å²) < 4.78 is 0. The molecule has 0 amide bonds. The lowest BCUT2D eigenvalue weighted by Crippen LogP contribution is -2.14. The summed E-state index contributed by atoms with van der Waals surface area (Å²) in [6, 6.07) is 55.7. The first kappa shape index (κ1) is 29.0. The molecule has 0 aliphatic heterocycles. The van der Waals surface area contributed by atoms with E-state index in [0.29, 0.717) is 5.82 Å². The van der Waals surface area contributed by atoms with E-state index >= 15 is 0 Å². The fourth-order valence-corrected chi connectivity index (χ4v) is 7.46. The predicted molar refractivity (Wildman–Crippen MR) is 202 cm³/mol. The number of hydrogen-bond acceptors (Lipinski definition) is 3. The molecule has 6 aromatic carbocycles. The number of aromatic nitrogens is 3. The van der Waals surface area contributed by atoms with Gasteiger partial charge in [-0.3, -0.25) is 4.98 Å². The molecular weight excluding hydrogens is 595 g/mol. The van der Waals surface area contributed by atoms with Crippen LogP contribution >= 0.6 is 0 Å². The maximum absolute atomic E-state index is 5.18. The highest BCUT2D eigenvalue weighted by molar-refractivity contribution is 5.99. The molecule has 9 rings (SSSR count). The van der Waals surface area contributed by atoms with Gasteiger partial charge in [-0.25, -0.2) is 9.97 Å². The fourth-order valence-electron chi connectivity index (χ4n) is 7.46. The second-order valence-corrected chi connectivity index (χ2v) is 13.3. The van der Waals surface area contributed by atoms with Crippen LogP contribution < -0.4 is 0 Å². The third kappa shape index (κ3) is 4.94. The van der Waals surface area contributed by atoms with E-state index in [4.69, 9.17) is 9.97 Å². The molecule has 2 aromatic heterocycles. The number of hydrogen-bond donors (Lipinski definition) is 0. The summed E-state index contributed by atoms with van der Waals surface area (Å²) in [7, 11) is 0. The fraction of sp³-hybridized carbons (Fsp3) is 0.0652. The van der Waals surface area contributed by atoms with Crippen molar-refractivity contribution in [3.8, 4) is 67.4 Å². The van der Waals surface area contributed by atoms with Crippen molar-refractivity contribution in [2.24, 2.45) is 0 Å². The molecule has 0 unspecified atom stereocenters. The number of benzene rings is 6. The van der Waals surface area contributed by atoms with Gasteiger partial charge in [0.1, 0.15) is 0 Å². The van der Waals surface area contributed by atoms with Gasteiger partial charge >= 0.3 is 0 Å². The molecule has 1 aliphatic carbocycles. The standard InChI is InChI=1S/C46H33N3/c1-46(2)39-23-13-22-35(44(39)38-27-31-16-6-7-17-32(31)28-40(38)46)33-18-12-19-34(26-33)42-29-43(49-45(48-42)30-14-4-3-5-15-30)37-21-9-8-20-36(37)41-24-10-11-25-47-41/h3-29H,1-2H3. The van der Waals surface area contributed by atoms with Crippen molar-refractivity contribution in [1.82, 2.24) is 15.0 Å². The van der Waals surface area contributed by atoms with Crippen molar-refractivity contribution in [2.75, 3.05) is 0 Å². The normalized spacial score (nSPS) is 12.9. The van der Waals surface area contributed by atoms with Gasteiger partial charge in [-0.2, -0.15) is 0 Å². The Bertz CT molecular complexity index is 2520. The van der Waals surface area contributed by atoms with Gasteiger partial charge in [0.2, 0.25) is 0 Å². The Hall–Kier alpha value is -6.19. The molecule has 0 radical (unpaired) electrons. The SMILES string of the molecule is CC1(C)c2cc3ccccc3cc2-c2c(-c3cccc(-c4cc(-c5ccccc5-c5ccccn5)nc(-c5ccccc5)n4)c3)cccc21. The van der Waals surface area contributed by atoms with Crippen molar-refractivity contribution < 1.29 is 0 Å². The summed E-state index contributed by atoms with van der Waals surface area (Å²) in [5.74, 6) is 0.692. The molecular formula is C46H33N3. The third-order valence-electron chi connectivity index (χ3n) is 9.94. The number of pyridine rings is 1. The van der Waals surface area contributed by atoms with Gasteiger partial charge in [-0.05, 0) is 80.6 Å². The second kappa shape index (κ2) is 11.5. The van der Waals surface area contributed by atoms with Gasteiger partial charge in [0.05, 0.1) is 17.1 Å². The molecule has 0 spiro atoms. The Morgan fingerprint density at radius 1 is 0.408 bits per heavy atom. The summed E-state index contributed by atoms with van der Waals surface area (Å²) in [5.41, 5.74) is 14.4. The van der Waals surface area contributed by atoms with Crippen LogP contribution in [0, 0.1) is 0 Å². The first-order valence-electron chi connectivity index (χ1n) is 16.8. The maximum atomic E-state index is 5.18. The average molecular weight is 628 g/mol. The first-order chi connectivity index (χ1) is 24.0. The van der Waals surface area contributed by atoms with Crippen LogP contribution in [-0.4, -0.2) is 15.0 Å². The lowest BCUT2D eigenvalue weighted by atomic mass is 9.81. The Balaban J connectivity index is 1.22. The molecule has 2 heterocycles. The van der Waals surface area contributed by atoms with E-state index in [1.165, 1.54) is 44.2 Å². The molecule has 0 fully saturated rings. The van der Waals surface area contributed by atoms with Crippen LogP contribution in [-0.2, 0) is 5.41 Å². The molecule has 0 saturated heterocycles. The van der Waals surface area contributed by atoms with Gasteiger partial charge in [0.25, 0.3) is 0 Å². The topological polar surface area (TPSA) is 38.7 Å². The van der Waals surface area contributed by atoms with Crippen LogP contribution in [0.1, 0.15) is 25.0 Å². The van der Waals surface area contributed by atoms with E-state index in [0.717, 1.165) is 39.3 Å². The van der Waals surface area contributed by atoms with Crippen LogP contribution in [0.25, 0.3) is 78.2 Å². The minimum Gasteiger partial charge on any atom is -0.256 e. The Kier molecular flexibility index (Phi) is 6.80. The van der Waals surface area contributed by atoms with Gasteiger partial charge < -0.3 is 0 Å². The number of rotatable bonds is 5. The molecule has 0 bridgehead atoms. The molecule has 49 heavy (non-hydrogen) atoms. The average Bonchev–Trinajstić information content (AvgIpc) is 3.39. The maximum Gasteiger partial charge on any atom is 0.160 e. The largest absolute Gasteiger partial charge is 0.256 e. The molecule has 1 aliphatic rings. The van der Waals surface area contributed by atoms with Crippen molar-refractivity contribution >= 4 is 10.8 Å². The zero-order valence-electron chi connectivity index (χ0n) is 27.4. The van der Waals surface area contributed by atoms with Crippen molar-refractivity contribution in [3.05, 3.63) is 175 Å². The van der Waals surface area contributed by atoms with Gasteiger partial charge in [-0.15, -0.1) is 0 Å². The van der Waals surface area contributed by atoms with Gasteiger partial charge in [0.15, 0.2) is 5.82 Å². The highest BCUT2D eigenvalue weighted by atomic mass is 14.9. The minimum absolute atomic E-state index is 0.102. The minimum atomic E-state index is -0.102. The zero-order chi connectivity index (χ0) is 33.0. The van der Waals surface area contributed by atoms with E-state index in [9.17, 15) is 0 Å². The van der Waals surface area contributed by atoms with Gasteiger partial charge in [-0.1, -0.05) is 135 Å². The first-order valence-corrected chi connectivity index (χ1v) is 16.8. The molecule has 8 aromatic rings. The monoisotopic (exact) mass is 627 g/mol. The summed E-state index contributed by atoms with van der Waals surface area (Å²) in [6.45, 7) is 4.70. The molecule has 232 valence electrons. The van der Waals surface area contributed by atoms with Crippen molar-refractivity contribution in [3.63, 3.8) is 0 Å². The quantitative estimate of drug-likeness (QED) is 0.191. The zero-order valence-corrected chi connectivity index (χ0v) is 27.4. The molecule has 0 saturated carbocycles. The highest BCUT2D eigenvalue weighted by Crippen LogP contribution is 2.53. The summed E-state index contributed by atoms with van der Waals surface area (Å²) >= 11 is 0. The smallest absolute Gasteiger partial charge is 0.160 e. The number of nitrogens with zero attached hydrogens (tertiary/aromatic N) is 3. The van der Waals surface area contributed by atoms with Crippen LogP contribution in [0.4, 0.5) is 0 Å². The Morgan fingerprint density at radius 2 is 1.04 bits per heavy atom. The van der Waals surface area contributed by atoms with Crippen LogP contribution in [0.5, 0.6) is 0 Å². The van der Waals surface area contributed by atoms with Crippen molar-refractivity contribution in [1.29, 1.82) is 0 Å². The molecule has 3 heteroatoms. The predicted octanol–water partition coefficient (Wildman–Crippen LogP) is 11.7. The lowest BCUT2D eigenvalue weighted by Gasteiger charge is -2.22. The summed E-state index contributed by atoms with van der Waals surface area (Å²) in [5, 5.41) is 2.55. The number of fused-ring (bicyclic) bond motifs is 4. The summed E-state index contributed by atoms with van der Waals surface area (Å²) in [4.78, 5) is 15.0. The highest BCUT2D eigenvalue weighted by Gasteiger charge is 2.37. The van der Waals surface area contributed by atoms with Crippen LogP contribution in [0.15, 0.2) is 164 Å². The van der Waals surface area contributed by atoms with Crippen LogP contribution in [0.3, 0.4) is 0 Å².